The lowest BCUT2D eigenvalue weighted by Gasteiger charge is -2.34. The molecule has 0 saturated carbocycles. The molecule has 1 unspecified atom stereocenters. The number of nitrogens with zero attached hydrogens (tertiary/aromatic N) is 1. The van der Waals surface area contributed by atoms with E-state index in [1.165, 1.54) is 0 Å². The van der Waals surface area contributed by atoms with E-state index in [4.69, 9.17) is 4.74 Å². The Morgan fingerprint density at radius 3 is 2.64 bits per heavy atom. The number of likely N-dealkylation sites (N-methyl/N-ethyl adjacent to an activating group) is 1. The maximum absolute atomic E-state index is 11.9. The van der Waals surface area contributed by atoms with E-state index in [0.29, 0.717) is 6.61 Å². The van der Waals surface area contributed by atoms with Gasteiger partial charge in [-0.05, 0) is 6.54 Å². The molecule has 82 valence electrons. The molecule has 1 fully saturated rings. The first kappa shape index (κ1) is 11.7. The molecular formula is C11H21NO2. The Balaban J connectivity index is 2.56. The molecule has 0 bridgehead atoms. The van der Waals surface area contributed by atoms with Crippen molar-refractivity contribution in [2.24, 2.45) is 5.41 Å². The van der Waals surface area contributed by atoms with Gasteiger partial charge in [-0.2, -0.15) is 0 Å². The first-order valence-electron chi connectivity index (χ1n) is 5.33. The summed E-state index contributed by atoms with van der Waals surface area (Å²) >= 11 is 0. The van der Waals surface area contributed by atoms with Gasteiger partial charge in [0.2, 0.25) is 0 Å². The van der Waals surface area contributed by atoms with Gasteiger partial charge in [-0.25, -0.2) is 0 Å². The molecule has 1 aliphatic rings. The van der Waals surface area contributed by atoms with Gasteiger partial charge in [0.15, 0.2) is 5.78 Å². The molecule has 0 aromatic carbocycles. The van der Waals surface area contributed by atoms with Gasteiger partial charge >= 0.3 is 0 Å². The normalized spacial score (nSPS) is 25.0. The molecule has 1 heterocycles. The van der Waals surface area contributed by atoms with Gasteiger partial charge in [-0.15, -0.1) is 0 Å². The standard InChI is InChI=1S/C11H21NO2/c1-5-12-6-7-14-9(8-12)10(13)11(2,3)4/h9H,5-8H2,1-4H3. The average Bonchev–Trinajstić information content (AvgIpc) is 2.15. The molecule has 0 spiro atoms. The first-order chi connectivity index (χ1) is 6.45. The summed E-state index contributed by atoms with van der Waals surface area (Å²) in [5.41, 5.74) is -0.290. The molecule has 0 amide bonds. The van der Waals surface area contributed by atoms with Crippen molar-refractivity contribution in [1.29, 1.82) is 0 Å². The molecule has 0 aromatic rings. The summed E-state index contributed by atoms with van der Waals surface area (Å²) in [6.45, 7) is 11.3. The van der Waals surface area contributed by atoms with Crippen LogP contribution in [0.25, 0.3) is 0 Å². The van der Waals surface area contributed by atoms with E-state index in [1.807, 2.05) is 20.8 Å². The minimum absolute atomic E-state index is 0.218. The number of morpholine rings is 1. The zero-order valence-electron chi connectivity index (χ0n) is 9.67. The molecule has 1 saturated heterocycles. The van der Waals surface area contributed by atoms with E-state index in [-0.39, 0.29) is 17.3 Å². The third kappa shape index (κ3) is 2.79. The van der Waals surface area contributed by atoms with Gasteiger partial charge in [-0.1, -0.05) is 27.7 Å². The average molecular weight is 199 g/mol. The van der Waals surface area contributed by atoms with Crippen molar-refractivity contribution in [2.75, 3.05) is 26.2 Å². The van der Waals surface area contributed by atoms with Crippen LogP contribution < -0.4 is 0 Å². The van der Waals surface area contributed by atoms with Crippen molar-refractivity contribution in [3.05, 3.63) is 0 Å². The number of hydrogen-bond donors (Lipinski definition) is 0. The Bertz CT molecular complexity index is 208. The molecule has 1 atom stereocenters. The second-order valence-corrected chi connectivity index (χ2v) is 4.87. The minimum atomic E-state index is -0.290. The van der Waals surface area contributed by atoms with Crippen molar-refractivity contribution in [3.63, 3.8) is 0 Å². The van der Waals surface area contributed by atoms with Crippen molar-refractivity contribution >= 4 is 5.78 Å². The summed E-state index contributed by atoms with van der Waals surface area (Å²) in [7, 11) is 0. The van der Waals surface area contributed by atoms with E-state index in [0.717, 1.165) is 19.6 Å². The maximum atomic E-state index is 11.9. The van der Waals surface area contributed by atoms with Gasteiger partial charge in [0, 0.05) is 18.5 Å². The van der Waals surface area contributed by atoms with E-state index in [1.54, 1.807) is 0 Å². The summed E-state index contributed by atoms with van der Waals surface area (Å²) < 4.78 is 5.51. The highest BCUT2D eigenvalue weighted by atomic mass is 16.5. The topological polar surface area (TPSA) is 29.5 Å². The quantitative estimate of drug-likeness (QED) is 0.672. The largest absolute Gasteiger partial charge is 0.368 e. The Morgan fingerprint density at radius 1 is 1.50 bits per heavy atom. The molecule has 0 aliphatic carbocycles. The third-order valence-electron chi connectivity index (χ3n) is 2.63. The fourth-order valence-corrected chi connectivity index (χ4v) is 1.63. The molecule has 1 rings (SSSR count). The zero-order valence-corrected chi connectivity index (χ0v) is 9.67. The van der Waals surface area contributed by atoms with Gasteiger partial charge in [0.1, 0.15) is 6.10 Å². The predicted octanol–water partition coefficient (Wildman–Crippen LogP) is 1.32. The van der Waals surface area contributed by atoms with Crippen molar-refractivity contribution < 1.29 is 9.53 Å². The van der Waals surface area contributed by atoms with Crippen molar-refractivity contribution in [2.45, 2.75) is 33.8 Å². The smallest absolute Gasteiger partial charge is 0.168 e. The lowest BCUT2D eigenvalue weighted by atomic mass is 9.87. The molecule has 0 radical (unpaired) electrons. The Labute approximate surface area is 86.4 Å². The van der Waals surface area contributed by atoms with Crippen LogP contribution in [0.5, 0.6) is 0 Å². The fraction of sp³-hybridized carbons (Fsp3) is 0.909. The van der Waals surface area contributed by atoms with Crippen LogP contribution in [0.4, 0.5) is 0 Å². The monoisotopic (exact) mass is 199 g/mol. The van der Waals surface area contributed by atoms with Gasteiger partial charge in [0.25, 0.3) is 0 Å². The number of carbonyl (C=O) groups excluding carboxylic acids is 1. The number of rotatable bonds is 2. The Hall–Kier alpha value is -0.410. The number of ketones is 1. The van der Waals surface area contributed by atoms with Crippen LogP contribution in [0, 0.1) is 5.41 Å². The molecule has 3 heteroatoms. The second kappa shape index (κ2) is 4.41. The number of carbonyl (C=O) groups is 1. The van der Waals surface area contributed by atoms with E-state index >= 15 is 0 Å². The fourth-order valence-electron chi connectivity index (χ4n) is 1.63. The van der Waals surface area contributed by atoms with E-state index in [2.05, 4.69) is 11.8 Å². The number of hydrogen-bond acceptors (Lipinski definition) is 3. The van der Waals surface area contributed by atoms with Crippen LogP contribution in [-0.4, -0.2) is 43.0 Å². The summed E-state index contributed by atoms with van der Waals surface area (Å²) in [5.74, 6) is 0.218. The lowest BCUT2D eigenvalue weighted by molar-refractivity contribution is -0.144. The summed E-state index contributed by atoms with van der Waals surface area (Å²) in [6.07, 6.45) is -0.219. The molecule has 0 N–H and O–H groups in total. The summed E-state index contributed by atoms with van der Waals surface area (Å²) in [6, 6.07) is 0. The van der Waals surface area contributed by atoms with Gasteiger partial charge in [-0.3, -0.25) is 9.69 Å². The van der Waals surface area contributed by atoms with Crippen LogP contribution in [0.15, 0.2) is 0 Å². The highest BCUT2D eigenvalue weighted by Crippen LogP contribution is 2.20. The van der Waals surface area contributed by atoms with Crippen LogP contribution >= 0.6 is 0 Å². The maximum Gasteiger partial charge on any atom is 0.168 e. The van der Waals surface area contributed by atoms with Crippen LogP contribution in [0.3, 0.4) is 0 Å². The van der Waals surface area contributed by atoms with Crippen LogP contribution in [0.1, 0.15) is 27.7 Å². The van der Waals surface area contributed by atoms with Crippen LogP contribution in [0.2, 0.25) is 0 Å². The predicted molar refractivity (Wildman–Crippen MR) is 56.3 cm³/mol. The second-order valence-electron chi connectivity index (χ2n) is 4.87. The summed E-state index contributed by atoms with van der Waals surface area (Å²) in [4.78, 5) is 14.2. The molecule has 14 heavy (non-hydrogen) atoms. The van der Waals surface area contributed by atoms with Crippen molar-refractivity contribution in [1.82, 2.24) is 4.90 Å². The molecule has 1 aliphatic heterocycles. The van der Waals surface area contributed by atoms with E-state index < -0.39 is 0 Å². The molecule has 3 nitrogen and oxygen atoms in total. The molecule has 0 aromatic heterocycles. The van der Waals surface area contributed by atoms with Crippen LogP contribution in [-0.2, 0) is 9.53 Å². The summed E-state index contributed by atoms with van der Waals surface area (Å²) in [5, 5.41) is 0. The minimum Gasteiger partial charge on any atom is -0.368 e. The van der Waals surface area contributed by atoms with Gasteiger partial charge in [0.05, 0.1) is 6.61 Å². The first-order valence-corrected chi connectivity index (χ1v) is 5.33. The third-order valence-corrected chi connectivity index (χ3v) is 2.63. The van der Waals surface area contributed by atoms with Crippen molar-refractivity contribution in [3.8, 4) is 0 Å². The van der Waals surface area contributed by atoms with E-state index in [9.17, 15) is 4.79 Å². The zero-order chi connectivity index (χ0) is 10.8. The number of Topliss-reactive ketones (excluding diaryl/α,β-unsaturated/α-hetero) is 1. The highest BCUT2D eigenvalue weighted by Gasteiger charge is 2.33. The SMILES string of the molecule is CCN1CCOC(C(=O)C(C)(C)C)C1. The number of ether oxygens (including phenoxy) is 1. The Morgan fingerprint density at radius 2 is 2.14 bits per heavy atom. The van der Waals surface area contributed by atoms with Gasteiger partial charge < -0.3 is 4.74 Å². The Kier molecular flexibility index (Phi) is 3.67. The lowest BCUT2D eigenvalue weighted by Crippen LogP contribution is -2.48. The molecular weight excluding hydrogens is 178 g/mol. The highest BCUT2D eigenvalue weighted by molar-refractivity contribution is 5.88.